The fourth-order valence-corrected chi connectivity index (χ4v) is 0.742. The van der Waals surface area contributed by atoms with Gasteiger partial charge in [0.1, 0.15) is 0 Å². The van der Waals surface area contributed by atoms with Crippen molar-refractivity contribution in [2.24, 2.45) is 5.92 Å². The summed E-state index contributed by atoms with van der Waals surface area (Å²) < 4.78 is 35.2. The molecule has 1 aliphatic rings. The van der Waals surface area contributed by atoms with E-state index < -0.39 is 18.5 Å². The van der Waals surface area contributed by atoms with Crippen LogP contribution in [0.25, 0.3) is 0 Å². The van der Waals surface area contributed by atoms with Gasteiger partial charge in [-0.15, -0.1) is 12.4 Å². The second-order valence-electron chi connectivity index (χ2n) is 2.20. The highest BCUT2D eigenvalue weighted by Crippen LogP contribution is 2.18. The second kappa shape index (κ2) is 4.03. The van der Waals surface area contributed by atoms with E-state index in [0.29, 0.717) is 13.1 Å². The molecular weight excluding hydrogens is 167 g/mol. The smallest absolute Gasteiger partial charge is 0.269 e. The molecule has 0 aromatic heterocycles. The first-order valence-corrected chi connectivity index (χ1v) is 2.84. The van der Waals surface area contributed by atoms with E-state index in [4.69, 9.17) is 0 Å². The molecule has 1 unspecified atom stereocenters. The highest BCUT2D eigenvalue weighted by atomic mass is 35.5. The normalized spacial score (nSPS) is 21.6. The van der Waals surface area contributed by atoms with Crippen LogP contribution < -0.4 is 5.32 Å². The summed E-state index contributed by atoms with van der Waals surface area (Å²) in [6, 6.07) is 0. The average Bonchev–Trinajstić information content (AvgIpc) is 1.60. The monoisotopic (exact) mass is 175 g/mol. The Labute approximate surface area is 63.4 Å². The van der Waals surface area contributed by atoms with Crippen molar-refractivity contribution in [2.45, 2.75) is 12.6 Å². The van der Waals surface area contributed by atoms with Gasteiger partial charge in [-0.25, -0.2) is 13.2 Å². The van der Waals surface area contributed by atoms with Crippen molar-refractivity contribution >= 4 is 12.4 Å². The Morgan fingerprint density at radius 1 is 1.20 bits per heavy atom. The molecule has 62 valence electrons. The van der Waals surface area contributed by atoms with Crippen molar-refractivity contribution in [1.29, 1.82) is 0 Å². The molecule has 1 saturated heterocycles. The zero-order chi connectivity index (χ0) is 6.85. The molecule has 0 amide bonds. The van der Waals surface area contributed by atoms with Crippen molar-refractivity contribution in [3.05, 3.63) is 0 Å². The SMILES string of the molecule is Cl.FC(F)C(F)C1CNC1. The van der Waals surface area contributed by atoms with Gasteiger partial charge in [0.25, 0.3) is 6.43 Å². The minimum absolute atomic E-state index is 0. The number of hydrogen-bond acceptors (Lipinski definition) is 1. The zero-order valence-electron chi connectivity index (χ0n) is 5.19. The molecule has 0 bridgehead atoms. The van der Waals surface area contributed by atoms with Crippen LogP contribution in [0.4, 0.5) is 13.2 Å². The minimum Gasteiger partial charge on any atom is -0.316 e. The molecule has 0 saturated carbocycles. The van der Waals surface area contributed by atoms with E-state index in [1.54, 1.807) is 0 Å². The second-order valence-corrected chi connectivity index (χ2v) is 2.20. The summed E-state index contributed by atoms with van der Waals surface area (Å²) >= 11 is 0. The van der Waals surface area contributed by atoms with E-state index in [-0.39, 0.29) is 12.4 Å². The van der Waals surface area contributed by atoms with Gasteiger partial charge in [-0.1, -0.05) is 0 Å². The number of nitrogens with one attached hydrogen (secondary N) is 1. The van der Waals surface area contributed by atoms with Gasteiger partial charge in [0.2, 0.25) is 0 Å². The Morgan fingerprint density at radius 2 is 1.70 bits per heavy atom. The molecule has 5 heteroatoms. The molecule has 0 spiro atoms. The van der Waals surface area contributed by atoms with Crippen LogP contribution in [0.1, 0.15) is 0 Å². The molecule has 0 aromatic carbocycles. The summed E-state index contributed by atoms with van der Waals surface area (Å²) in [5, 5.41) is 2.72. The first-order chi connectivity index (χ1) is 4.22. The third-order valence-corrected chi connectivity index (χ3v) is 1.50. The Morgan fingerprint density at radius 3 is 1.80 bits per heavy atom. The van der Waals surface area contributed by atoms with Crippen LogP contribution >= 0.6 is 12.4 Å². The Hall–Kier alpha value is 0.0400. The van der Waals surface area contributed by atoms with E-state index in [1.807, 2.05) is 0 Å². The van der Waals surface area contributed by atoms with Crippen LogP contribution in [-0.4, -0.2) is 25.7 Å². The lowest BCUT2D eigenvalue weighted by Gasteiger charge is -2.29. The molecule has 1 aliphatic heterocycles. The summed E-state index contributed by atoms with van der Waals surface area (Å²) in [6.07, 6.45) is -4.73. The lowest BCUT2D eigenvalue weighted by molar-refractivity contribution is 0.00155. The first kappa shape index (κ1) is 10.0. The molecule has 0 radical (unpaired) electrons. The number of alkyl halides is 3. The summed E-state index contributed by atoms with van der Waals surface area (Å²) in [6.45, 7) is 0.789. The topological polar surface area (TPSA) is 12.0 Å². The number of rotatable bonds is 2. The maximum atomic E-state index is 12.2. The van der Waals surface area contributed by atoms with Crippen molar-refractivity contribution in [3.63, 3.8) is 0 Å². The van der Waals surface area contributed by atoms with Crippen molar-refractivity contribution in [2.75, 3.05) is 13.1 Å². The molecule has 0 aliphatic carbocycles. The summed E-state index contributed by atoms with van der Waals surface area (Å²) in [5.74, 6) is -0.454. The first-order valence-electron chi connectivity index (χ1n) is 2.84. The predicted molar refractivity (Wildman–Crippen MR) is 34.5 cm³/mol. The molecule has 0 aromatic rings. The molecule has 10 heavy (non-hydrogen) atoms. The van der Waals surface area contributed by atoms with Crippen molar-refractivity contribution in [3.8, 4) is 0 Å². The third-order valence-electron chi connectivity index (χ3n) is 1.50. The van der Waals surface area contributed by atoms with Gasteiger partial charge in [0.15, 0.2) is 6.17 Å². The molecule has 1 rings (SSSR count). The Bertz CT molecular complexity index is 96.9. The summed E-state index contributed by atoms with van der Waals surface area (Å²) in [5.41, 5.74) is 0. The van der Waals surface area contributed by atoms with E-state index >= 15 is 0 Å². The van der Waals surface area contributed by atoms with Crippen molar-refractivity contribution in [1.82, 2.24) is 5.32 Å². The highest BCUT2D eigenvalue weighted by Gasteiger charge is 2.33. The number of hydrogen-bond donors (Lipinski definition) is 1. The molecule has 1 nitrogen and oxygen atoms in total. The molecule has 1 fully saturated rings. The Balaban J connectivity index is 0.000000810. The summed E-state index contributed by atoms with van der Waals surface area (Å²) in [7, 11) is 0. The van der Waals surface area contributed by atoms with Crippen LogP contribution in [0.15, 0.2) is 0 Å². The van der Waals surface area contributed by atoms with E-state index in [2.05, 4.69) is 5.32 Å². The number of halogens is 4. The van der Waals surface area contributed by atoms with Gasteiger partial charge in [-0.3, -0.25) is 0 Å². The molecule has 1 N–H and O–H groups in total. The van der Waals surface area contributed by atoms with Crippen LogP contribution in [0.2, 0.25) is 0 Å². The fraction of sp³-hybridized carbons (Fsp3) is 1.00. The van der Waals surface area contributed by atoms with E-state index in [0.717, 1.165) is 0 Å². The quantitative estimate of drug-likeness (QED) is 0.666. The van der Waals surface area contributed by atoms with E-state index in [1.165, 1.54) is 0 Å². The van der Waals surface area contributed by atoms with Crippen LogP contribution in [0, 0.1) is 5.92 Å². The van der Waals surface area contributed by atoms with Gasteiger partial charge in [0.05, 0.1) is 0 Å². The molecular formula is C5H9ClF3N. The van der Waals surface area contributed by atoms with E-state index in [9.17, 15) is 13.2 Å². The highest BCUT2D eigenvalue weighted by molar-refractivity contribution is 5.85. The average molecular weight is 176 g/mol. The lowest BCUT2D eigenvalue weighted by Crippen LogP contribution is -2.49. The fourth-order valence-electron chi connectivity index (χ4n) is 0.742. The Kier molecular flexibility index (Phi) is 4.05. The van der Waals surface area contributed by atoms with Gasteiger partial charge < -0.3 is 5.32 Å². The maximum Gasteiger partial charge on any atom is 0.269 e. The minimum atomic E-state index is -2.81. The standard InChI is InChI=1S/C5H8F3N.ClH/c6-4(5(7)8)3-1-9-2-3;/h3-5,9H,1-2H2;1H. The van der Waals surface area contributed by atoms with Crippen molar-refractivity contribution < 1.29 is 13.2 Å². The summed E-state index contributed by atoms with van der Waals surface area (Å²) in [4.78, 5) is 0. The van der Waals surface area contributed by atoms with Gasteiger partial charge in [0, 0.05) is 19.0 Å². The lowest BCUT2D eigenvalue weighted by atomic mass is 9.98. The van der Waals surface area contributed by atoms with Crippen LogP contribution in [0.5, 0.6) is 0 Å². The third kappa shape index (κ3) is 2.02. The predicted octanol–water partition coefficient (Wildman–Crippen LogP) is 1.23. The van der Waals surface area contributed by atoms with Gasteiger partial charge in [-0.05, 0) is 0 Å². The van der Waals surface area contributed by atoms with Crippen LogP contribution in [-0.2, 0) is 0 Å². The van der Waals surface area contributed by atoms with Gasteiger partial charge in [-0.2, -0.15) is 0 Å². The van der Waals surface area contributed by atoms with Crippen LogP contribution in [0.3, 0.4) is 0 Å². The molecule has 1 atom stereocenters. The maximum absolute atomic E-state index is 12.2. The zero-order valence-corrected chi connectivity index (χ0v) is 6.00. The van der Waals surface area contributed by atoms with Gasteiger partial charge >= 0.3 is 0 Å². The molecule has 1 heterocycles. The largest absolute Gasteiger partial charge is 0.316 e.